The lowest BCUT2D eigenvalue weighted by atomic mass is 10.1. The van der Waals surface area contributed by atoms with Crippen LogP contribution in [0.15, 0.2) is 11.8 Å². The summed E-state index contributed by atoms with van der Waals surface area (Å²) in [7, 11) is 1.77. The molecule has 0 saturated heterocycles. The Kier molecular flexibility index (Phi) is 6.50. The summed E-state index contributed by atoms with van der Waals surface area (Å²) < 4.78 is 10.9. The van der Waals surface area contributed by atoms with E-state index in [0.29, 0.717) is 12.1 Å². The SMILES string of the molecule is CCCNC(CCC(C)OC)C1=CCCO1. The van der Waals surface area contributed by atoms with E-state index < -0.39 is 0 Å². The Hall–Kier alpha value is -0.540. The number of rotatable bonds is 8. The van der Waals surface area contributed by atoms with Crippen molar-refractivity contribution >= 4 is 0 Å². The van der Waals surface area contributed by atoms with Gasteiger partial charge in [-0.2, -0.15) is 0 Å². The first-order valence-corrected chi connectivity index (χ1v) is 6.37. The molecule has 16 heavy (non-hydrogen) atoms. The van der Waals surface area contributed by atoms with Gasteiger partial charge in [-0.25, -0.2) is 0 Å². The van der Waals surface area contributed by atoms with Crippen LogP contribution in [0.3, 0.4) is 0 Å². The molecule has 1 aliphatic heterocycles. The molecule has 0 aromatic rings. The molecule has 3 nitrogen and oxygen atoms in total. The maximum Gasteiger partial charge on any atom is 0.109 e. The van der Waals surface area contributed by atoms with Crippen LogP contribution in [0.1, 0.15) is 39.5 Å². The van der Waals surface area contributed by atoms with Crippen molar-refractivity contribution in [2.45, 2.75) is 51.7 Å². The van der Waals surface area contributed by atoms with Gasteiger partial charge in [-0.15, -0.1) is 0 Å². The summed E-state index contributed by atoms with van der Waals surface area (Å²) >= 11 is 0. The molecule has 94 valence electrons. The van der Waals surface area contributed by atoms with Crippen LogP contribution >= 0.6 is 0 Å². The third-order valence-corrected chi connectivity index (χ3v) is 2.98. The van der Waals surface area contributed by atoms with Crippen molar-refractivity contribution < 1.29 is 9.47 Å². The third-order valence-electron chi connectivity index (χ3n) is 2.98. The standard InChI is InChI=1S/C13H25NO2/c1-4-9-14-12(8-7-11(2)15-3)13-6-5-10-16-13/h6,11-12,14H,4-5,7-10H2,1-3H3. The largest absolute Gasteiger partial charge is 0.496 e. The van der Waals surface area contributed by atoms with Gasteiger partial charge < -0.3 is 14.8 Å². The Bertz CT molecular complexity index is 216. The summed E-state index contributed by atoms with van der Waals surface area (Å²) in [5.41, 5.74) is 0. The van der Waals surface area contributed by atoms with Gasteiger partial charge in [0.15, 0.2) is 0 Å². The lowest BCUT2D eigenvalue weighted by Crippen LogP contribution is -2.32. The van der Waals surface area contributed by atoms with E-state index in [4.69, 9.17) is 9.47 Å². The van der Waals surface area contributed by atoms with E-state index in [0.717, 1.165) is 44.6 Å². The Balaban J connectivity index is 2.37. The molecule has 1 aliphatic rings. The zero-order chi connectivity index (χ0) is 11.8. The van der Waals surface area contributed by atoms with Gasteiger partial charge in [-0.1, -0.05) is 6.92 Å². The summed E-state index contributed by atoms with van der Waals surface area (Å²) in [4.78, 5) is 0. The van der Waals surface area contributed by atoms with Crippen LogP contribution in [0, 0.1) is 0 Å². The molecule has 0 saturated carbocycles. The second-order valence-corrected chi connectivity index (χ2v) is 4.37. The van der Waals surface area contributed by atoms with E-state index in [-0.39, 0.29) is 0 Å². The average molecular weight is 227 g/mol. The van der Waals surface area contributed by atoms with Crippen LogP contribution in [0.5, 0.6) is 0 Å². The molecule has 0 amide bonds. The number of hydrogen-bond donors (Lipinski definition) is 1. The fourth-order valence-electron chi connectivity index (χ4n) is 1.86. The van der Waals surface area contributed by atoms with Crippen molar-refractivity contribution in [2.24, 2.45) is 0 Å². The molecule has 0 spiro atoms. The first kappa shape index (κ1) is 13.5. The maximum absolute atomic E-state index is 5.64. The molecular weight excluding hydrogens is 202 g/mol. The normalized spacial score (nSPS) is 19.1. The highest BCUT2D eigenvalue weighted by atomic mass is 16.5. The fraction of sp³-hybridized carbons (Fsp3) is 0.846. The predicted octanol–water partition coefficient (Wildman–Crippen LogP) is 2.47. The molecule has 0 aromatic heterocycles. The lowest BCUT2D eigenvalue weighted by Gasteiger charge is -2.21. The van der Waals surface area contributed by atoms with Crippen LogP contribution in [-0.4, -0.2) is 32.4 Å². The minimum atomic E-state index is 0.327. The summed E-state index contributed by atoms with van der Waals surface area (Å²) in [5, 5.41) is 3.54. The quantitative estimate of drug-likeness (QED) is 0.691. The molecule has 0 aromatic carbocycles. The van der Waals surface area contributed by atoms with Gasteiger partial charge in [0.25, 0.3) is 0 Å². The van der Waals surface area contributed by atoms with Gasteiger partial charge >= 0.3 is 0 Å². The fourth-order valence-corrected chi connectivity index (χ4v) is 1.86. The zero-order valence-electron chi connectivity index (χ0n) is 10.8. The highest BCUT2D eigenvalue weighted by molar-refractivity contribution is 5.07. The Morgan fingerprint density at radius 1 is 1.50 bits per heavy atom. The first-order chi connectivity index (χ1) is 7.77. The van der Waals surface area contributed by atoms with Gasteiger partial charge in [0, 0.05) is 13.5 Å². The molecule has 2 atom stereocenters. The second kappa shape index (κ2) is 7.69. The minimum Gasteiger partial charge on any atom is -0.496 e. The molecule has 1 N–H and O–H groups in total. The molecule has 0 bridgehead atoms. The van der Waals surface area contributed by atoms with E-state index in [9.17, 15) is 0 Å². The summed E-state index contributed by atoms with van der Waals surface area (Å²) in [5.74, 6) is 1.14. The number of nitrogens with one attached hydrogen (secondary N) is 1. The Labute approximate surface area is 99.2 Å². The van der Waals surface area contributed by atoms with Crippen LogP contribution in [0.2, 0.25) is 0 Å². The molecule has 1 rings (SSSR count). The van der Waals surface area contributed by atoms with E-state index in [1.165, 1.54) is 0 Å². The van der Waals surface area contributed by atoms with Gasteiger partial charge in [-0.3, -0.25) is 0 Å². The molecule has 0 radical (unpaired) electrons. The number of methoxy groups -OCH3 is 1. The highest BCUT2D eigenvalue weighted by Crippen LogP contribution is 2.18. The van der Waals surface area contributed by atoms with E-state index in [1.807, 2.05) is 0 Å². The van der Waals surface area contributed by atoms with Crippen LogP contribution < -0.4 is 5.32 Å². The van der Waals surface area contributed by atoms with Gasteiger partial charge in [0.05, 0.1) is 18.8 Å². The molecule has 2 unspecified atom stereocenters. The Morgan fingerprint density at radius 2 is 2.31 bits per heavy atom. The van der Waals surface area contributed by atoms with Crippen molar-refractivity contribution in [1.29, 1.82) is 0 Å². The van der Waals surface area contributed by atoms with Gasteiger partial charge in [0.2, 0.25) is 0 Å². The third kappa shape index (κ3) is 4.54. The van der Waals surface area contributed by atoms with Crippen LogP contribution in [0.25, 0.3) is 0 Å². The molecule has 0 fully saturated rings. The monoisotopic (exact) mass is 227 g/mol. The van der Waals surface area contributed by atoms with Crippen molar-refractivity contribution in [1.82, 2.24) is 5.32 Å². The summed E-state index contributed by atoms with van der Waals surface area (Å²) in [6, 6.07) is 0.375. The van der Waals surface area contributed by atoms with Gasteiger partial charge in [0.1, 0.15) is 5.76 Å². The Morgan fingerprint density at radius 3 is 2.88 bits per heavy atom. The predicted molar refractivity (Wildman–Crippen MR) is 66.4 cm³/mol. The van der Waals surface area contributed by atoms with E-state index in [2.05, 4.69) is 25.2 Å². The molecule has 3 heteroatoms. The molecule has 0 aliphatic carbocycles. The van der Waals surface area contributed by atoms with Crippen molar-refractivity contribution in [3.63, 3.8) is 0 Å². The van der Waals surface area contributed by atoms with Crippen molar-refractivity contribution in [3.05, 3.63) is 11.8 Å². The highest BCUT2D eigenvalue weighted by Gasteiger charge is 2.18. The van der Waals surface area contributed by atoms with E-state index >= 15 is 0 Å². The number of ether oxygens (including phenoxy) is 2. The second-order valence-electron chi connectivity index (χ2n) is 4.37. The van der Waals surface area contributed by atoms with Crippen LogP contribution in [0.4, 0.5) is 0 Å². The summed E-state index contributed by atoms with van der Waals surface area (Å²) in [6.45, 7) is 6.19. The molecule has 1 heterocycles. The lowest BCUT2D eigenvalue weighted by molar-refractivity contribution is 0.104. The first-order valence-electron chi connectivity index (χ1n) is 6.37. The minimum absolute atomic E-state index is 0.327. The van der Waals surface area contributed by atoms with Crippen molar-refractivity contribution in [2.75, 3.05) is 20.3 Å². The topological polar surface area (TPSA) is 30.5 Å². The maximum atomic E-state index is 5.64. The van der Waals surface area contributed by atoms with Crippen LogP contribution in [-0.2, 0) is 9.47 Å². The zero-order valence-corrected chi connectivity index (χ0v) is 10.8. The van der Waals surface area contributed by atoms with E-state index in [1.54, 1.807) is 7.11 Å². The van der Waals surface area contributed by atoms with Gasteiger partial charge in [-0.05, 0) is 38.8 Å². The summed E-state index contributed by atoms with van der Waals surface area (Å²) in [6.07, 6.45) is 6.90. The average Bonchev–Trinajstić information content (AvgIpc) is 2.82. The smallest absolute Gasteiger partial charge is 0.109 e. The van der Waals surface area contributed by atoms with Crippen molar-refractivity contribution in [3.8, 4) is 0 Å². The molecular formula is C13H25NO2. The number of hydrogen-bond acceptors (Lipinski definition) is 3.